The second-order valence-electron chi connectivity index (χ2n) is 6.11. The molecule has 0 aliphatic carbocycles. The molecule has 0 aliphatic rings. The van der Waals surface area contributed by atoms with Crippen molar-refractivity contribution in [2.45, 2.75) is 0 Å². The van der Waals surface area contributed by atoms with Crippen LogP contribution < -0.4 is 9.54 Å². The van der Waals surface area contributed by atoms with E-state index in [0.717, 1.165) is 27.1 Å². The molecule has 0 saturated carbocycles. The van der Waals surface area contributed by atoms with Gasteiger partial charge in [-0.15, -0.1) is 0 Å². The van der Waals surface area contributed by atoms with Crippen LogP contribution in [0.15, 0.2) is 77.8 Å². The number of ether oxygens (including phenoxy) is 1. The molecule has 0 bridgehead atoms. The average Bonchev–Trinajstić information content (AvgIpc) is 3.04. The monoisotopic (exact) mass is 374 g/mol. The summed E-state index contributed by atoms with van der Waals surface area (Å²) in [5.41, 5.74) is 3.70. The number of thiazole rings is 1. The van der Waals surface area contributed by atoms with E-state index in [0.29, 0.717) is 10.4 Å². The predicted octanol–water partition coefficient (Wildman–Crippen LogP) is 4.66. The zero-order chi connectivity index (χ0) is 18.8. The minimum absolute atomic E-state index is 0.254. The fourth-order valence-electron chi connectivity index (χ4n) is 3.03. The van der Waals surface area contributed by atoms with Crippen LogP contribution in [0.5, 0.6) is 5.75 Å². The van der Waals surface area contributed by atoms with Crippen LogP contribution in [0.4, 0.5) is 0 Å². The third-order valence-corrected chi connectivity index (χ3v) is 5.54. The van der Waals surface area contributed by atoms with Gasteiger partial charge in [0.2, 0.25) is 0 Å². The van der Waals surface area contributed by atoms with Crippen molar-refractivity contribution in [3.05, 3.63) is 83.2 Å². The summed E-state index contributed by atoms with van der Waals surface area (Å²) in [6, 6.07) is 23.5. The minimum atomic E-state index is -0.254. The molecule has 3 aromatic carbocycles. The molecule has 0 spiro atoms. The van der Waals surface area contributed by atoms with Crippen LogP contribution in [0.3, 0.4) is 0 Å². The molecule has 5 heteroatoms. The molecule has 1 aromatic heterocycles. The molecule has 0 fully saturated rings. The Morgan fingerprint density at radius 3 is 2.33 bits per heavy atom. The number of amides is 1. The molecule has 4 nitrogen and oxygen atoms in total. The number of benzene rings is 3. The first-order valence-corrected chi connectivity index (χ1v) is 9.36. The SMILES string of the molecule is COc1cccc2sc(=NC(=O)c3ccc(-c4ccccc4)cc3)n(C)c12. The summed E-state index contributed by atoms with van der Waals surface area (Å²) >= 11 is 1.47. The van der Waals surface area contributed by atoms with E-state index in [4.69, 9.17) is 4.74 Å². The van der Waals surface area contributed by atoms with Gasteiger partial charge in [0.25, 0.3) is 5.91 Å². The highest BCUT2D eigenvalue weighted by molar-refractivity contribution is 7.16. The fourth-order valence-corrected chi connectivity index (χ4v) is 4.06. The largest absolute Gasteiger partial charge is 0.495 e. The molecule has 0 saturated heterocycles. The Morgan fingerprint density at radius 1 is 0.926 bits per heavy atom. The van der Waals surface area contributed by atoms with E-state index in [1.54, 1.807) is 7.11 Å². The Morgan fingerprint density at radius 2 is 1.63 bits per heavy atom. The number of aryl methyl sites for hydroxylation is 1. The van der Waals surface area contributed by atoms with Crippen molar-refractivity contribution in [1.29, 1.82) is 0 Å². The maximum atomic E-state index is 12.6. The number of fused-ring (bicyclic) bond motifs is 1. The van der Waals surface area contributed by atoms with Gasteiger partial charge in [-0.1, -0.05) is 59.9 Å². The highest BCUT2D eigenvalue weighted by atomic mass is 32.1. The molecule has 27 heavy (non-hydrogen) atoms. The Labute approximate surface area is 161 Å². The molecule has 1 heterocycles. The number of carbonyl (C=O) groups excluding carboxylic acids is 1. The molecule has 0 atom stereocenters. The van der Waals surface area contributed by atoms with Gasteiger partial charge < -0.3 is 9.30 Å². The Hall–Kier alpha value is -3.18. The zero-order valence-corrected chi connectivity index (χ0v) is 15.9. The standard InChI is InChI=1S/C22H18N2O2S/c1-24-20-18(26-2)9-6-10-19(20)27-22(24)23-21(25)17-13-11-16(12-14-17)15-7-4-3-5-8-15/h3-14H,1-2H3. The first-order chi connectivity index (χ1) is 13.2. The van der Waals surface area contributed by atoms with Gasteiger partial charge in [0.1, 0.15) is 11.3 Å². The van der Waals surface area contributed by atoms with Crippen LogP contribution in [-0.4, -0.2) is 17.6 Å². The molecule has 4 rings (SSSR count). The number of hydrogen-bond donors (Lipinski definition) is 0. The second-order valence-corrected chi connectivity index (χ2v) is 7.12. The summed E-state index contributed by atoms with van der Waals surface area (Å²) in [5.74, 6) is 0.517. The Kier molecular flexibility index (Phi) is 4.60. The van der Waals surface area contributed by atoms with E-state index in [2.05, 4.69) is 4.99 Å². The molecule has 4 aromatic rings. The molecular formula is C22H18N2O2S. The molecule has 134 valence electrons. The van der Waals surface area contributed by atoms with Crippen molar-refractivity contribution in [3.8, 4) is 16.9 Å². The van der Waals surface area contributed by atoms with Gasteiger partial charge in [-0.3, -0.25) is 4.79 Å². The van der Waals surface area contributed by atoms with Crippen molar-refractivity contribution < 1.29 is 9.53 Å². The van der Waals surface area contributed by atoms with Crippen molar-refractivity contribution >= 4 is 27.5 Å². The number of carbonyl (C=O) groups is 1. The summed E-state index contributed by atoms with van der Waals surface area (Å²) in [7, 11) is 3.54. The first kappa shape index (κ1) is 17.2. The Balaban J connectivity index is 1.70. The maximum absolute atomic E-state index is 12.6. The van der Waals surface area contributed by atoms with Gasteiger partial charge in [0.15, 0.2) is 4.80 Å². The van der Waals surface area contributed by atoms with Gasteiger partial charge in [0, 0.05) is 12.6 Å². The smallest absolute Gasteiger partial charge is 0.279 e. The lowest BCUT2D eigenvalue weighted by Gasteiger charge is -2.03. The summed E-state index contributed by atoms with van der Waals surface area (Å²) in [4.78, 5) is 17.6. The van der Waals surface area contributed by atoms with E-state index in [1.807, 2.05) is 84.4 Å². The van der Waals surface area contributed by atoms with Crippen molar-refractivity contribution in [2.75, 3.05) is 7.11 Å². The van der Waals surface area contributed by atoms with E-state index in [1.165, 1.54) is 11.3 Å². The first-order valence-electron chi connectivity index (χ1n) is 8.54. The van der Waals surface area contributed by atoms with Crippen LogP contribution in [-0.2, 0) is 7.05 Å². The van der Waals surface area contributed by atoms with Crippen LogP contribution in [0.2, 0.25) is 0 Å². The molecule has 0 N–H and O–H groups in total. The molecule has 0 aliphatic heterocycles. The molecule has 0 radical (unpaired) electrons. The van der Waals surface area contributed by atoms with E-state index in [-0.39, 0.29) is 5.91 Å². The number of nitrogens with zero attached hydrogens (tertiary/aromatic N) is 2. The maximum Gasteiger partial charge on any atom is 0.279 e. The van der Waals surface area contributed by atoms with E-state index in [9.17, 15) is 4.79 Å². The van der Waals surface area contributed by atoms with Gasteiger partial charge in [0.05, 0.1) is 11.8 Å². The lowest BCUT2D eigenvalue weighted by molar-refractivity contribution is 0.0998. The summed E-state index contributed by atoms with van der Waals surface area (Å²) in [5, 5.41) is 0. The highest BCUT2D eigenvalue weighted by Gasteiger charge is 2.10. The van der Waals surface area contributed by atoms with Gasteiger partial charge >= 0.3 is 0 Å². The van der Waals surface area contributed by atoms with Crippen molar-refractivity contribution in [2.24, 2.45) is 12.0 Å². The summed E-state index contributed by atoms with van der Waals surface area (Å²) in [6.45, 7) is 0. The number of hydrogen-bond acceptors (Lipinski definition) is 3. The summed E-state index contributed by atoms with van der Waals surface area (Å²) < 4.78 is 8.35. The zero-order valence-electron chi connectivity index (χ0n) is 15.0. The average molecular weight is 374 g/mol. The molecular weight excluding hydrogens is 356 g/mol. The molecule has 0 unspecified atom stereocenters. The second kappa shape index (κ2) is 7.21. The van der Waals surface area contributed by atoms with E-state index >= 15 is 0 Å². The van der Waals surface area contributed by atoms with Crippen LogP contribution in [0, 0.1) is 0 Å². The predicted molar refractivity (Wildman–Crippen MR) is 109 cm³/mol. The van der Waals surface area contributed by atoms with Gasteiger partial charge in [-0.05, 0) is 35.4 Å². The van der Waals surface area contributed by atoms with Crippen LogP contribution in [0.25, 0.3) is 21.3 Å². The number of rotatable bonds is 3. The third kappa shape index (κ3) is 3.29. The summed E-state index contributed by atoms with van der Waals surface area (Å²) in [6.07, 6.45) is 0. The fraction of sp³-hybridized carbons (Fsp3) is 0.0909. The number of para-hydroxylation sites is 1. The number of methoxy groups -OCH3 is 1. The van der Waals surface area contributed by atoms with Crippen molar-refractivity contribution in [1.82, 2.24) is 4.57 Å². The van der Waals surface area contributed by atoms with Crippen LogP contribution in [0.1, 0.15) is 10.4 Å². The lowest BCUT2D eigenvalue weighted by atomic mass is 10.0. The Bertz CT molecular complexity index is 1170. The van der Waals surface area contributed by atoms with Crippen LogP contribution >= 0.6 is 11.3 Å². The highest BCUT2D eigenvalue weighted by Crippen LogP contribution is 2.26. The van der Waals surface area contributed by atoms with E-state index < -0.39 is 0 Å². The normalized spacial score (nSPS) is 11.7. The van der Waals surface area contributed by atoms with Gasteiger partial charge in [-0.25, -0.2) is 0 Å². The lowest BCUT2D eigenvalue weighted by Crippen LogP contribution is -2.13. The minimum Gasteiger partial charge on any atom is -0.495 e. The van der Waals surface area contributed by atoms with Gasteiger partial charge in [-0.2, -0.15) is 4.99 Å². The quantitative estimate of drug-likeness (QED) is 0.524. The van der Waals surface area contributed by atoms with Crippen molar-refractivity contribution in [3.63, 3.8) is 0 Å². The topological polar surface area (TPSA) is 43.6 Å². The molecule has 1 amide bonds. The third-order valence-electron chi connectivity index (χ3n) is 4.44. The number of aromatic nitrogens is 1.